The molecule has 0 radical (unpaired) electrons. The van der Waals surface area contributed by atoms with E-state index < -0.39 is 25.4 Å². The Balaban J connectivity index is 0. The van der Waals surface area contributed by atoms with E-state index in [1.54, 1.807) is 4.90 Å². The zero-order valence-electron chi connectivity index (χ0n) is 10.6. The van der Waals surface area contributed by atoms with Crippen LogP contribution in [0.2, 0.25) is 0 Å². The lowest BCUT2D eigenvalue weighted by atomic mass is 10.1. The molecule has 8 heteroatoms. The Morgan fingerprint density at radius 3 is 1.06 bits per heavy atom. The lowest BCUT2D eigenvalue weighted by Gasteiger charge is -2.20. The van der Waals surface area contributed by atoms with Crippen LogP contribution in [-0.2, 0) is 0 Å². The second-order valence-corrected chi connectivity index (χ2v) is 3.85. The molecule has 0 saturated heterocycles. The molecule has 0 aromatic carbocycles. The SMILES string of the molecule is NC(CO)(CO)CO.OCCN(CCO)CCO. The van der Waals surface area contributed by atoms with Gasteiger partial charge < -0.3 is 36.4 Å². The van der Waals surface area contributed by atoms with Gasteiger partial charge in [-0.1, -0.05) is 0 Å². The average Bonchev–Trinajstić information content (AvgIpc) is 2.39. The van der Waals surface area contributed by atoms with Crippen molar-refractivity contribution < 1.29 is 30.6 Å². The first-order valence-corrected chi connectivity index (χ1v) is 5.70. The molecular weight excluding hydrogens is 244 g/mol. The van der Waals surface area contributed by atoms with Gasteiger partial charge >= 0.3 is 0 Å². The maximum absolute atomic E-state index is 8.48. The fourth-order valence-corrected chi connectivity index (χ4v) is 0.910. The molecule has 0 aliphatic heterocycles. The number of hydrogen-bond acceptors (Lipinski definition) is 8. The highest BCUT2D eigenvalue weighted by Gasteiger charge is 2.20. The highest BCUT2D eigenvalue weighted by molar-refractivity contribution is 4.80. The van der Waals surface area contributed by atoms with Crippen molar-refractivity contribution in [2.45, 2.75) is 5.54 Å². The smallest absolute Gasteiger partial charge is 0.0856 e. The summed E-state index contributed by atoms with van der Waals surface area (Å²) in [6.07, 6.45) is 0. The minimum absolute atomic E-state index is 0.0694. The summed E-state index contributed by atoms with van der Waals surface area (Å²) in [5.41, 5.74) is 3.94. The van der Waals surface area contributed by atoms with Gasteiger partial charge in [0.15, 0.2) is 0 Å². The van der Waals surface area contributed by atoms with Crippen molar-refractivity contribution in [2.75, 3.05) is 59.3 Å². The molecule has 0 aromatic rings. The number of hydrogen-bond donors (Lipinski definition) is 7. The number of aliphatic hydroxyl groups is 6. The number of rotatable bonds is 9. The van der Waals surface area contributed by atoms with E-state index in [0.717, 1.165) is 0 Å². The van der Waals surface area contributed by atoms with Crippen LogP contribution < -0.4 is 5.73 Å². The van der Waals surface area contributed by atoms with E-state index in [1.165, 1.54) is 0 Å². The molecular formula is C10H26N2O6. The van der Waals surface area contributed by atoms with Crippen LogP contribution in [0.4, 0.5) is 0 Å². The summed E-state index contributed by atoms with van der Waals surface area (Å²) in [6.45, 7) is 0.545. The molecule has 0 unspecified atom stereocenters. The quantitative estimate of drug-likeness (QED) is 0.223. The van der Waals surface area contributed by atoms with Gasteiger partial charge in [0.25, 0.3) is 0 Å². The van der Waals surface area contributed by atoms with Crippen LogP contribution in [0.1, 0.15) is 0 Å². The zero-order valence-corrected chi connectivity index (χ0v) is 10.6. The second-order valence-electron chi connectivity index (χ2n) is 3.85. The maximum Gasteiger partial charge on any atom is 0.0856 e. The van der Waals surface area contributed by atoms with Crippen LogP contribution in [0.5, 0.6) is 0 Å². The van der Waals surface area contributed by atoms with Gasteiger partial charge in [0, 0.05) is 19.6 Å². The third kappa shape index (κ3) is 10.8. The summed E-state index contributed by atoms with van der Waals surface area (Å²) < 4.78 is 0. The maximum atomic E-state index is 8.48. The van der Waals surface area contributed by atoms with Crippen LogP contribution in [0, 0.1) is 0 Å². The Bertz CT molecular complexity index is 146. The van der Waals surface area contributed by atoms with Gasteiger partial charge in [-0.2, -0.15) is 0 Å². The first kappa shape index (κ1) is 20.0. The highest BCUT2D eigenvalue weighted by Crippen LogP contribution is 1.93. The van der Waals surface area contributed by atoms with Gasteiger partial charge in [-0.25, -0.2) is 0 Å². The van der Waals surface area contributed by atoms with Crippen LogP contribution >= 0.6 is 0 Å². The van der Waals surface area contributed by atoms with Gasteiger partial charge in [-0.05, 0) is 0 Å². The largest absolute Gasteiger partial charge is 0.395 e. The Kier molecular flexibility index (Phi) is 14.6. The zero-order chi connectivity index (χ0) is 14.4. The molecule has 0 spiro atoms. The van der Waals surface area contributed by atoms with Gasteiger partial charge in [-0.3, -0.25) is 4.90 Å². The van der Waals surface area contributed by atoms with E-state index in [1.807, 2.05) is 0 Å². The van der Waals surface area contributed by atoms with E-state index in [9.17, 15) is 0 Å². The number of aliphatic hydroxyl groups excluding tert-OH is 6. The molecule has 0 atom stereocenters. The fourth-order valence-electron chi connectivity index (χ4n) is 0.910. The molecule has 8 nitrogen and oxygen atoms in total. The molecule has 0 bridgehead atoms. The van der Waals surface area contributed by atoms with E-state index >= 15 is 0 Å². The highest BCUT2D eigenvalue weighted by atomic mass is 16.3. The minimum Gasteiger partial charge on any atom is -0.395 e. The summed E-state index contributed by atoms with van der Waals surface area (Å²) in [7, 11) is 0. The van der Waals surface area contributed by atoms with Crippen molar-refractivity contribution in [1.82, 2.24) is 4.90 Å². The van der Waals surface area contributed by atoms with Gasteiger partial charge in [-0.15, -0.1) is 0 Å². The summed E-state index contributed by atoms with van der Waals surface area (Å²) in [6, 6.07) is 0. The third-order valence-electron chi connectivity index (χ3n) is 2.19. The van der Waals surface area contributed by atoms with Crippen LogP contribution in [0.15, 0.2) is 0 Å². The van der Waals surface area contributed by atoms with E-state index in [-0.39, 0.29) is 19.8 Å². The van der Waals surface area contributed by atoms with Gasteiger partial charge in [0.05, 0.1) is 45.2 Å². The average molecular weight is 270 g/mol. The van der Waals surface area contributed by atoms with Crippen molar-refractivity contribution >= 4 is 0 Å². The fraction of sp³-hybridized carbons (Fsp3) is 1.00. The Labute approximate surface area is 107 Å². The van der Waals surface area contributed by atoms with Crippen molar-refractivity contribution in [3.8, 4) is 0 Å². The monoisotopic (exact) mass is 270 g/mol. The van der Waals surface area contributed by atoms with Crippen molar-refractivity contribution in [3.63, 3.8) is 0 Å². The lowest BCUT2D eigenvalue weighted by molar-refractivity contribution is 0.0697. The van der Waals surface area contributed by atoms with Gasteiger partial charge in [0.1, 0.15) is 0 Å². The molecule has 18 heavy (non-hydrogen) atoms. The number of nitrogens with zero attached hydrogens (tertiary/aromatic N) is 1. The van der Waals surface area contributed by atoms with E-state index in [0.29, 0.717) is 19.6 Å². The first-order valence-electron chi connectivity index (χ1n) is 5.70. The molecule has 112 valence electrons. The third-order valence-corrected chi connectivity index (χ3v) is 2.19. The van der Waals surface area contributed by atoms with E-state index in [2.05, 4.69) is 0 Å². The standard InChI is InChI=1S/C6H15NO3.C4H11NO3/c8-4-1-7(2-5-9)3-6-10;5-4(1-6,2-7)3-8/h8-10H,1-6H2;6-8H,1-3,5H2. The molecule has 0 heterocycles. The predicted octanol–water partition coefficient (Wildman–Crippen LogP) is -4.07. The number of nitrogens with two attached hydrogens (primary N) is 1. The minimum atomic E-state index is -1.21. The van der Waals surface area contributed by atoms with Crippen molar-refractivity contribution in [1.29, 1.82) is 0 Å². The molecule has 8 N–H and O–H groups in total. The summed E-state index contributed by atoms with van der Waals surface area (Å²) in [5, 5.41) is 50.5. The van der Waals surface area contributed by atoms with Crippen LogP contribution in [0.25, 0.3) is 0 Å². The van der Waals surface area contributed by atoms with Crippen molar-refractivity contribution in [3.05, 3.63) is 0 Å². The Morgan fingerprint density at radius 2 is 0.944 bits per heavy atom. The molecule has 0 rings (SSSR count). The molecule has 0 saturated carbocycles. The lowest BCUT2D eigenvalue weighted by Crippen LogP contribution is -2.50. The summed E-state index contributed by atoms with van der Waals surface area (Å²) in [5.74, 6) is 0. The molecule has 0 aliphatic rings. The molecule has 0 aliphatic carbocycles. The van der Waals surface area contributed by atoms with Crippen molar-refractivity contribution in [2.24, 2.45) is 5.73 Å². The normalized spacial score (nSPS) is 11.3. The summed E-state index contributed by atoms with van der Waals surface area (Å²) in [4.78, 5) is 1.79. The first-order chi connectivity index (χ1) is 8.53. The molecule has 0 amide bonds. The summed E-state index contributed by atoms with van der Waals surface area (Å²) >= 11 is 0. The van der Waals surface area contributed by atoms with E-state index in [4.69, 9.17) is 36.4 Å². The second kappa shape index (κ2) is 13.1. The Morgan fingerprint density at radius 1 is 0.667 bits per heavy atom. The van der Waals surface area contributed by atoms with Gasteiger partial charge in [0.2, 0.25) is 0 Å². The van der Waals surface area contributed by atoms with Crippen LogP contribution in [-0.4, -0.2) is 100 Å². The molecule has 0 fully saturated rings. The topological polar surface area (TPSA) is 151 Å². The van der Waals surface area contributed by atoms with Crippen LogP contribution in [0.3, 0.4) is 0 Å². The molecule has 0 aromatic heterocycles. The Hall–Kier alpha value is -0.320. The predicted molar refractivity (Wildman–Crippen MR) is 65.9 cm³/mol.